The zero-order chi connectivity index (χ0) is 12.5. The highest BCUT2D eigenvalue weighted by Crippen LogP contribution is 2.19. The molecule has 0 aliphatic rings. The first-order valence-corrected chi connectivity index (χ1v) is 5.23. The lowest BCUT2D eigenvalue weighted by Gasteiger charge is -2.04. The molecule has 0 radical (unpaired) electrons. The zero-order valence-electron chi connectivity index (χ0n) is 9.61. The minimum Gasteiger partial charge on any atom is -0.481 e. The first-order valence-electron chi connectivity index (χ1n) is 5.23. The number of methoxy groups -OCH3 is 1. The minimum atomic E-state index is 0.361. The summed E-state index contributed by atoms with van der Waals surface area (Å²) in [4.78, 5) is 16.4. The molecule has 7 heteroatoms. The van der Waals surface area contributed by atoms with Crippen LogP contribution in [0.4, 0.5) is 5.82 Å². The van der Waals surface area contributed by atoms with Gasteiger partial charge in [0.2, 0.25) is 5.88 Å². The maximum Gasteiger partial charge on any atom is 0.213 e. The predicted molar refractivity (Wildman–Crippen MR) is 65.4 cm³/mol. The van der Waals surface area contributed by atoms with Gasteiger partial charge in [0, 0.05) is 6.07 Å². The second-order valence-electron chi connectivity index (χ2n) is 3.60. The average molecular weight is 242 g/mol. The summed E-state index contributed by atoms with van der Waals surface area (Å²) < 4.78 is 6.80. The summed E-state index contributed by atoms with van der Waals surface area (Å²) in [6.45, 7) is 0. The van der Waals surface area contributed by atoms with Crippen LogP contribution in [0.2, 0.25) is 0 Å². The van der Waals surface area contributed by atoms with Crippen LogP contribution in [0.3, 0.4) is 0 Å². The number of hydrogen-bond acceptors (Lipinski definition) is 6. The molecule has 0 spiro atoms. The van der Waals surface area contributed by atoms with Gasteiger partial charge >= 0.3 is 0 Å². The molecule has 3 heterocycles. The van der Waals surface area contributed by atoms with Crippen molar-refractivity contribution in [1.82, 2.24) is 24.5 Å². The van der Waals surface area contributed by atoms with E-state index in [9.17, 15) is 0 Å². The molecule has 0 fully saturated rings. The lowest BCUT2D eigenvalue weighted by Crippen LogP contribution is -1.97. The zero-order valence-corrected chi connectivity index (χ0v) is 9.61. The fourth-order valence-corrected chi connectivity index (χ4v) is 1.68. The molecule has 90 valence electrons. The van der Waals surface area contributed by atoms with Gasteiger partial charge in [0.25, 0.3) is 0 Å². The third kappa shape index (κ3) is 1.53. The molecule has 3 rings (SSSR count). The molecule has 0 amide bonds. The number of rotatable bonds is 2. The van der Waals surface area contributed by atoms with E-state index in [0.717, 1.165) is 5.69 Å². The number of pyridine rings is 1. The summed E-state index contributed by atoms with van der Waals surface area (Å²) in [5.74, 6) is 0.914. The predicted octanol–water partition coefficient (Wildman–Crippen LogP) is 0.801. The highest BCUT2D eigenvalue weighted by atomic mass is 16.5. The van der Waals surface area contributed by atoms with E-state index in [1.807, 2.05) is 6.07 Å². The molecule has 3 aromatic heterocycles. The summed E-state index contributed by atoms with van der Waals surface area (Å²) in [6.07, 6.45) is 4.73. The van der Waals surface area contributed by atoms with Crippen LogP contribution in [0.15, 0.2) is 31.0 Å². The number of nitrogens with zero attached hydrogens (tertiary/aromatic N) is 5. The van der Waals surface area contributed by atoms with E-state index >= 15 is 0 Å². The van der Waals surface area contributed by atoms with Crippen LogP contribution in [0.25, 0.3) is 16.9 Å². The Balaban J connectivity index is 2.16. The summed E-state index contributed by atoms with van der Waals surface area (Å²) in [5.41, 5.74) is 7.79. The largest absolute Gasteiger partial charge is 0.481 e. The maximum absolute atomic E-state index is 5.73. The van der Waals surface area contributed by atoms with Crippen molar-refractivity contribution >= 4 is 17.0 Å². The summed E-state index contributed by atoms with van der Waals surface area (Å²) in [6, 6.07) is 3.64. The molecule has 0 aliphatic heterocycles. The fourth-order valence-electron chi connectivity index (χ4n) is 1.68. The Morgan fingerprint density at radius 3 is 2.78 bits per heavy atom. The van der Waals surface area contributed by atoms with Crippen LogP contribution in [-0.2, 0) is 0 Å². The number of imidazole rings is 1. The van der Waals surface area contributed by atoms with Gasteiger partial charge in [0.1, 0.15) is 12.7 Å². The summed E-state index contributed by atoms with van der Waals surface area (Å²) in [7, 11) is 1.57. The number of nitrogen functional groups attached to an aromatic ring is 1. The maximum atomic E-state index is 5.73. The summed E-state index contributed by atoms with van der Waals surface area (Å²) >= 11 is 0. The van der Waals surface area contributed by atoms with Crippen molar-refractivity contribution in [3.8, 4) is 11.6 Å². The van der Waals surface area contributed by atoms with Gasteiger partial charge in [0.05, 0.1) is 19.0 Å². The van der Waals surface area contributed by atoms with Gasteiger partial charge in [-0.15, -0.1) is 0 Å². The van der Waals surface area contributed by atoms with E-state index in [2.05, 4.69) is 19.9 Å². The van der Waals surface area contributed by atoms with Crippen molar-refractivity contribution < 1.29 is 4.74 Å². The summed E-state index contributed by atoms with van der Waals surface area (Å²) in [5, 5.41) is 0. The second kappa shape index (κ2) is 3.95. The number of nitrogens with two attached hydrogens (primary N) is 1. The van der Waals surface area contributed by atoms with Crippen LogP contribution in [0.5, 0.6) is 5.88 Å². The Bertz CT molecular complexity index is 690. The molecule has 0 aliphatic carbocycles. The SMILES string of the molecule is COc1ccc(-n2cnc3c(N)ncnc32)cn1. The van der Waals surface area contributed by atoms with Crippen molar-refractivity contribution in [3.05, 3.63) is 31.0 Å². The Labute approximate surface area is 102 Å². The smallest absolute Gasteiger partial charge is 0.213 e. The van der Waals surface area contributed by atoms with E-state index in [1.54, 1.807) is 30.3 Å². The highest BCUT2D eigenvalue weighted by Gasteiger charge is 2.09. The van der Waals surface area contributed by atoms with Crippen molar-refractivity contribution in [3.63, 3.8) is 0 Å². The van der Waals surface area contributed by atoms with Crippen LogP contribution in [0, 0.1) is 0 Å². The van der Waals surface area contributed by atoms with Crippen LogP contribution < -0.4 is 10.5 Å². The third-order valence-electron chi connectivity index (χ3n) is 2.57. The Morgan fingerprint density at radius 2 is 2.06 bits per heavy atom. The van der Waals surface area contributed by atoms with Gasteiger partial charge in [0.15, 0.2) is 17.0 Å². The van der Waals surface area contributed by atoms with Gasteiger partial charge in [-0.1, -0.05) is 0 Å². The third-order valence-corrected chi connectivity index (χ3v) is 2.57. The standard InChI is InChI=1S/C11H10N6O/c1-18-8-3-2-7(4-13-8)17-6-16-9-10(12)14-5-15-11(9)17/h2-6H,1H3,(H2,12,14,15). The van der Waals surface area contributed by atoms with Crippen molar-refractivity contribution in [2.75, 3.05) is 12.8 Å². The van der Waals surface area contributed by atoms with Crippen molar-refractivity contribution in [1.29, 1.82) is 0 Å². The molecular weight excluding hydrogens is 232 g/mol. The quantitative estimate of drug-likeness (QED) is 0.714. The number of aromatic nitrogens is 5. The molecule has 2 N–H and O–H groups in total. The first kappa shape index (κ1) is 10.5. The molecule has 18 heavy (non-hydrogen) atoms. The first-order chi connectivity index (χ1) is 8.79. The highest BCUT2D eigenvalue weighted by molar-refractivity contribution is 5.82. The van der Waals surface area contributed by atoms with E-state index in [0.29, 0.717) is 22.9 Å². The van der Waals surface area contributed by atoms with E-state index < -0.39 is 0 Å². The van der Waals surface area contributed by atoms with Crippen molar-refractivity contribution in [2.24, 2.45) is 0 Å². The number of fused-ring (bicyclic) bond motifs is 1. The molecule has 7 nitrogen and oxygen atoms in total. The lowest BCUT2D eigenvalue weighted by atomic mass is 10.4. The topological polar surface area (TPSA) is 91.7 Å². The van der Waals surface area contributed by atoms with Gasteiger partial charge in [-0.2, -0.15) is 0 Å². The van der Waals surface area contributed by atoms with Gasteiger partial charge in [-0.3, -0.25) is 4.57 Å². The monoisotopic (exact) mass is 242 g/mol. The molecule has 0 unspecified atom stereocenters. The molecule has 0 bridgehead atoms. The van der Waals surface area contributed by atoms with Gasteiger partial charge < -0.3 is 10.5 Å². The minimum absolute atomic E-state index is 0.361. The molecule has 0 saturated heterocycles. The van der Waals surface area contributed by atoms with Crippen LogP contribution in [0.1, 0.15) is 0 Å². The molecule has 0 saturated carbocycles. The van der Waals surface area contributed by atoms with Crippen LogP contribution >= 0.6 is 0 Å². The molecule has 3 aromatic rings. The molecule has 0 aromatic carbocycles. The average Bonchev–Trinajstić information content (AvgIpc) is 2.84. The Kier molecular flexibility index (Phi) is 2.30. The second-order valence-corrected chi connectivity index (χ2v) is 3.60. The van der Waals surface area contributed by atoms with E-state index in [1.165, 1.54) is 6.33 Å². The molecular formula is C11H10N6O. The Hall–Kier alpha value is -2.70. The number of hydrogen-bond donors (Lipinski definition) is 1. The van der Waals surface area contributed by atoms with Crippen molar-refractivity contribution in [2.45, 2.75) is 0 Å². The molecule has 0 atom stereocenters. The fraction of sp³-hybridized carbons (Fsp3) is 0.0909. The number of anilines is 1. The Morgan fingerprint density at radius 1 is 1.17 bits per heavy atom. The number of ether oxygens (including phenoxy) is 1. The van der Waals surface area contributed by atoms with Crippen LogP contribution in [-0.4, -0.2) is 31.6 Å². The lowest BCUT2D eigenvalue weighted by molar-refractivity contribution is 0.398. The van der Waals surface area contributed by atoms with Gasteiger partial charge in [-0.25, -0.2) is 19.9 Å². The van der Waals surface area contributed by atoms with E-state index in [-0.39, 0.29) is 0 Å². The van der Waals surface area contributed by atoms with Gasteiger partial charge in [-0.05, 0) is 6.07 Å². The van der Waals surface area contributed by atoms with E-state index in [4.69, 9.17) is 10.5 Å². The normalized spacial score (nSPS) is 10.7.